The van der Waals surface area contributed by atoms with Gasteiger partial charge >= 0.3 is 0 Å². The molecule has 0 saturated carbocycles. The number of amides is 1. The molecule has 6 heteroatoms. The first kappa shape index (κ1) is 14.8. The predicted molar refractivity (Wildman–Crippen MR) is 70.1 cm³/mol. The summed E-state index contributed by atoms with van der Waals surface area (Å²) in [6.07, 6.45) is 0. The van der Waals surface area contributed by atoms with Gasteiger partial charge in [0.05, 0.1) is 25.4 Å². The summed E-state index contributed by atoms with van der Waals surface area (Å²) in [4.78, 5) is 13.9. The van der Waals surface area contributed by atoms with Crippen LogP contribution in [0.3, 0.4) is 0 Å². The molecule has 0 aliphatic carbocycles. The van der Waals surface area contributed by atoms with Gasteiger partial charge in [-0.2, -0.15) is 0 Å². The van der Waals surface area contributed by atoms with Crippen molar-refractivity contribution in [2.24, 2.45) is 0 Å². The van der Waals surface area contributed by atoms with Gasteiger partial charge in [0.15, 0.2) is 0 Å². The van der Waals surface area contributed by atoms with E-state index in [1.54, 1.807) is 18.2 Å². The summed E-state index contributed by atoms with van der Waals surface area (Å²) in [7, 11) is 0. The van der Waals surface area contributed by atoms with E-state index in [2.05, 4.69) is 10.2 Å². The SMILES string of the molecule is Cl.O=C(NCN1CCOCC1)c1ccccc1O. The molecule has 5 nitrogen and oxygen atoms in total. The Labute approximate surface area is 112 Å². The average molecular weight is 273 g/mol. The lowest BCUT2D eigenvalue weighted by Crippen LogP contribution is -2.43. The number of aromatic hydroxyl groups is 1. The summed E-state index contributed by atoms with van der Waals surface area (Å²) in [6, 6.07) is 6.52. The van der Waals surface area contributed by atoms with Crippen LogP contribution >= 0.6 is 12.4 Å². The lowest BCUT2D eigenvalue weighted by atomic mass is 10.2. The monoisotopic (exact) mass is 272 g/mol. The second kappa shape index (κ2) is 7.20. The molecule has 1 heterocycles. The number of hydrogen-bond donors (Lipinski definition) is 2. The fourth-order valence-corrected chi connectivity index (χ4v) is 1.70. The minimum absolute atomic E-state index is 0. The molecule has 1 aliphatic rings. The lowest BCUT2D eigenvalue weighted by molar-refractivity contribution is 0.0334. The maximum Gasteiger partial charge on any atom is 0.256 e. The number of ether oxygens (including phenoxy) is 1. The van der Waals surface area contributed by atoms with Gasteiger partial charge in [-0.3, -0.25) is 9.69 Å². The van der Waals surface area contributed by atoms with Crippen molar-refractivity contribution in [3.05, 3.63) is 29.8 Å². The Morgan fingerprint density at radius 1 is 1.33 bits per heavy atom. The van der Waals surface area contributed by atoms with Crippen LogP contribution in [0, 0.1) is 0 Å². The van der Waals surface area contributed by atoms with E-state index in [1.807, 2.05) is 0 Å². The van der Waals surface area contributed by atoms with Gasteiger partial charge in [0, 0.05) is 13.1 Å². The molecular formula is C12H17ClN2O3. The Kier molecular flexibility index (Phi) is 5.91. The molecule has 1 aliphatic heterocycles. The van der Waals surface area contributed by atoms with Gasteiger partial charge < -0.3 is 15.2 Å². The topological polar surface area (TPSA) is 61.8 Å². The number of halogens is 1. The van der Waals surface area contributed by atoms with E-state index in [0.29, 0.717) is 25.4 Å². The lowest BCUT2D eigenvalue weighted by Gasteiger charge is -2.26. The number of carbonyl (C=O) groups is 1. The van der Waals surface area contributed by atoms with E-state index in [9.17, 15) is 9.90 Å². The molecule has 2 N–H and O–H groups in total. The molecule has 1 aromatic carbocycles. The molecule has 0 unspecified atom stereocenters. The van der Waals surface area contributed by atoms with Crippen molar-refractivity contribution < 1.29 is 14.6 Å². The third kappa shape index (κ3) is 3.87. The summed E-state index contributed by atoms with van der Waals surface area (Å²) in [5.41, 5.74) is 0.306. The van der Waals surface area contributed by atoms with Crippen LogP contribution in [-0.4, -0.2) is 48.9 Å². The third-order valence-electron chi connectivity index (χ3n) is 2.72. The molecule has 0 aromatic heterocycles. The van der Waals surface area contributed by atoms with Gasteiger partial charge in [-0.25, -0.2) is 0 Å². The number of hydrogen-bond acceptors (Lipinski definition) is 4. The smallest absolute Gasteiger partial charge is 0.256 e. The Bertz CT molecular complexity index is 395. The third-order valence-corrected chi connectivity index (χ3v) is 2.72. The zero-order valence-electron chi connectivity index (χ0n) is 9.96. The average Bonchev–Trinajstić information content (AvgIpc) is 2.38. The van der Waals surface area contributed by atoms with Crippen LogP contribution in [0.25, 0.3) is 0 Å². The first-order valence-corrected chi connectivity index (χ1v) is 5.63. The van der Waals surface area contributed by atoms with Gasteiger partial charge in [0.2, 0.25) is 0 Å². The molecular weight excluding hydrogens is 256 g/mol. The number of morpholine rings is 1. The predicted octanol–water partition coefficient (Wildman–Crippen LogP) is 0.833. The Balaban J connectivity index is 0.00000162. The highest BCUT2D eigenvalue weighted by Crippen LogP contribution is 2.14. The Hall–Kier alpha value is -1.30. The summed E-state index contributed by atoms with van der Waals surface area (Å²) in [5, 5.41) is 12.3. The number of benzene rings is 1. The van der Waals surface area contributed by atoms with Crippen molar-refractivity contribution in [2.75, 3.05) is 33.0 Å². The number of phenols is 1. The van der Waals surface area contributed by atoms with Crippen LogP contribution in [0.4, 0.5) is 0 Å². The molecule has 100 valence electrons. The van der Waals surface area contributed by atoms with Crippen molar-refractivity contribution in [1.29, 1.82) is 0 Å². The second-order valence-corrected chi connectivity index (χ2v) is 3.91. The maximum atomic E-state index is 11.8. The highest BCUT2D eigenvalue weighted by Gasteiger charge is 2.13. The summed E-state index contributed by atoms with van der Waals surface area (Å²) in [5.74, 6) is -0.249. The zero-order chi connectivity index (χ0) is 12.1. The zero-order valence-corrected chi connectivity index (χ0v) is 10.8. The molecule has 1 amide bonds. The van der Waals surface area contributed by atoms with Crippen molar-refractivity contribution in [3.8, 4) is 5.75 Å². The van der Waals surface area contributed by atoms with Gasteiger partial charge in [-0.15, -0.1) is 12.4 Å². The molecule has 2 rings (SSSR count). The van der Waals surface area contributed by atoms with Gasteiger partial charge in [-0.1, -0.05) is 12.1 Å². The number of para-hydroxylation sites is 1. The first-order valence-electron chi connectivity index (χ1n) is 5.63. The summed E-state index contributed by atoms with van der Waals surface area (Å²) < 4.78 is 5.22. The fourth-order valence-electron chi connectivity index (χ4n) is 1.70. The van der Waals surface area contributed by atoms with Gasteiger partial charge in [0.1, 0.15) is 5.75 Å². The summed E-state index contributed by atoms with van der Waals surface area (Å²) >= 11 is 0. The first-order chi connectivity index (χ1) is 8.27. The Morgan fingerprint density at radius 3 is 2.67 bits per heavy atom. The highest BCUT2D eigenvalue weighted by molar-refractivity contribution is 5.96. The number of carbonyl (C=O) groups excluding carboxylic acids is 1. The van der Waals surface area contributed by atoms with Crippen molar-refractivity contribution in [3.63, 3.8) is 0 Å². The minimum Gasteiger partial charge on any atom is -0.507 e. The van der Waals surface area contributed by atoms with Crippen LogP contribution in [-0.2, 0) is 4.74 Å². The standard InChI is InChI=1S/C12H16N2O3.ClH/c15-11-4-2-1-3-10(11)12(16)13-9-14-5-7-17-8-6-14;/h1-4,15H,5-9H2,(H,13,16);1H. The number of phenolic OH excluding ortho intramolecular Hbond substituents is 1. The summed E-state index contributed by atoms with van der Waals surface area (Å²) in [6.45, 7) is 3.53. The van der Waals surface area contributed by atoms with Gasteiger partial charge in [0.25, 0.3) is 5.91 Å². The van der Waals surface area contributed by atoms with E-state index < -0.39 is 0 Å². The van der Waals surface area contributed by atoms with Crippen LogP contribution in [0.1, 0.15) is 10.4 Å². The molecule has 0 radical (unpaired) electrons. The maximum absolute atomic E-state index is 11.8. The van der Waals surface area contributed by atoms with Crippen LogP contribution in [0.5, 0.6) is 5.75 Å². The fraction of sp³-hybridized carbons (Fsp3) is 0.417. The molecule has 1 saturated heterocycles. The van der Waals surface area contributed by atoms with Crippen LogP contribution in [0.2, 0.25) is 0 Å². The van der Waals surface area contributed by atoms with Crippen molar-refractivity contribution >= 4 is 18.3 Å². The van der Waals surface area contributed by atoms with E-state index in [1.165, 1.54) is 6.07 Å². The van der Waals surface area contributed by atoms with E-state index >= 15 is 0 Å². The molecule has 0 bridgehead atoms. The molecule has 0 spiro atoms. The molecule has 1 aromatic rings. The second-order valence-electron chi connectivity index (χ2n) is 3.91. The quantitative estimate of drug-likeness (QED) is 0.856. The van der Waals surface area contributed by atoms with E-state index in [-0.39, 0.29) is 24.1 Å². The van der Waals surface area contributed by atoms with E-state index in [4.69, 9.17) is 4.74 Å². The molecule has 1 fully saturated rings. The number of rotatable bonds is 3. The van der Waals surface area contributed by atoms with E-state index in [0.717, 1.165) is 13.1 Å². The van der Waals surface area contributed by atoms with Crippen LogP contribution < -0.4 is 5.32 Å². The number of nitrogens with one attached hydrogen (secondary N) is 1. The largest absolute Gasteiger partial charge is 0.507 e. The molecule has 0 atom stereocenters. The Morgan fingerprint density at radius 2 is 2.00 bits per heavy atom. The number of nitrogens with zero attached hydrogens (tertiary/aromatic N) is 1. The van der Waals surface area contributed by atoms with Gasteiger partial charge in [-0.05, 0) is 12.1 Å². The highest BCUT2D eigenvalue weighted by atomic mass is 35.5. The minimum atomic E-state index is -0.255. The van der Waals surface area contributed by atoms with Crippen molar-refractivity contribution in [1.82, 2.24) is 10.2 Å². The van der Waals surface area contributed by atoms with Crippen molar-refractivity contribution in [2.45, 2.75) is 0 Å². The molecule has 18 heavy (non-hydrogen) atoms. The van der Waals surface area contributed by atoms with Crippen LogP contribution in [0.15, 0.2) is 24.3 Å². The normalized spacial score (nSPS) is 15.8.